The van der Waals surface area contributed by atoms with Crippen LogP contribution in [-0.4, -0.2) is 110 Å². The minimum atomic E-state index is -1.62. The molecule has 0 bridgehead atoms. The van der Waals surface area contributed by atoms with Crippen LogP contribution in [0.3, 0.4) is 0 Å². The van der Waals surface area contributed by atoms with Crippen LogP contribution in [0.1, 0.15) is 39.5 Å². The van der Waals surface area contributed by atoms with Crippen LogP contribution in [0.4, 0.5) is 0 Å². The molecule has 0 aromatic heterocycles. The van der Waals surface area contributed by atoms with E-state index >= 15 is 0 Å². The van der Waals surface area contributed by atoms with Crippen LogP contribution in [0.15, 0.2) is 48.4 Å². The summed E-state index contributed by atoms with van der Waals surface area (Å²) in [5.41, 5.74) is -0.200. The molecule has 0 aliphatic carbocycles. The summed E-state index contributed by atoms with van der Waals surface area (Å²) in [5, 5.41) is 59.2. The summed E-state index contributed by atoms with van der Waals surface area (Å²) in [6.45, 7) is 12.1. The Labute approximate surface area is 281 Å². The molecule has 15 heteroatoms. The molecule has 10 unspecified atom stereocenters. The molecule has 11 nitrogen and oxygen atoms in total. The molecule has 2 amide bonds. The normalized spacial score (nSPS) is 34.3. The highest BCUT2D eigenvalue weighted by atomic mass is 33.5. The van der Waals surface area contributed by atoms with Crippen LogP contribution in [0.5, 0.6) is 0 Å². The second-order valence-corrected chi connectivity index (χ2v) is 16.5. The number of unbranched alkanes of at least 4 members (excludes halogenated alkanes) is 1. The SMILES string of the molecule is C=CC(=C)CCC1(C)SSSC(O)C(OC2OC(CO)C(O)C(O)C2O)C(C)C1C=CC(=O)NCCCCNC(=O)C=CSC. The van der Waals surface area contributed by atoms with Crippen molar-refractivity contribution >= 4 is 55.0 Å². The fraction of sp³-hybridized carbons (Fsp3) is 0.667. The van der Waals surface area contributed by atoms with Gasteiger partial charge in [0, 0.05) is 23.9 Å². The van der Waals surface area contributed by atoms with E-state index in [1.54, 1.807) is 22.3 Å². The van der Waals surface area contributed by atoms with E-state index in [1.165, 1.54) is 44.5 Å². The standard InChI is InChI=1S/C30H48N2O9S4/c1-6-18(2)11-13-30(4)20(9-10-22(34)31-14-7-8-15-32-23(35)12-16-42-5)19(3)27(28(39)43-45-44-30)41-29-26(38)25(37)24(36)21(17-33)40-29/h6,9-10,12,16,19-21,24-29,33,36-39H,1-2,7-8,11,13-15,17H2,3-5H3,(H,31,34)(H,32,35). The Kier molecular flexibility index (Phi) is 18.2. The highest BCUT2D eigenvalue weighted by Gasteiger charge is 2.49. The van der Waals surface area contributed by atoms with Crippen LogP contribution in [0, 0.1) is 11.8 Å². The summed E-state index contributed by atoms with van der Waals surface area (Å²) in [7, 11) is 4.16. The molecule has 256 valence electrons. The van der Waals surface area contributed by atoms with Crippen molar-refractivity contribution in [2.75, 3.05) is 26.0 Å². The maximum Gasteiger partial charge on any atom is 0.244 e. The van der Waals surface area contributed by atoms with Gasteiger partial charge in [-0.1, -0.05) is 48.6 Å². The number of carbonyl (C=O) groups excluding carboxylic acids is 2. The van der Waals surface area contributed by atoms with E-state index in [1.807, 2.05) is 19.3 Å². The number of thioether (sulfide) groups is 1. The predicted octanol–water partition coefficient (Wildman–Crippen LogP) is 2.51. The van der Waals surface area contributed by atoms with Gasteiger partial charge in [-0.05, 0) is 82.8 Å². The number of hydrogen-bond donors (Lipinski definition) is 7. The Bertz CT molecular complexity index is 1030. The van der Waals surface area contributed by atoms with Gasteiger partial charge < -0.3 is 45.6 Å². The van der Waals surface area contributed by atoms with Crippen LogP contribution >= 0.6 is 43.2 Å². The van der Waals surface area contributed by atoms with Gasteiger partial charge in [-0.15, -0.1) is 11.8 Å². The van der Waals surface area contributed by atoms with Gasteiger partial charge in [0.05, 0.1) is 6.61 Å². The van der Waals surface area contributed by atoms with Gasteiger partial charge in [-0.25, -0.2) is 0 Å². The molecule has 2 rings (SSSR count). The summed E-state index contributed by atoms with van der Waals surface area (Å²) in [6, 6.07) is 0. The lowest BCUT2D eigenvalue weighted by molar-refractivity contribution is -0.318. The Morgan fingerprint density at radius 2 is 1.71 bits per heavy atom. The second-order valence-electron chi connectivity index (χ2n) is 11.2. The summed E-state index contributed by atoms with van der Waals surface area (Å²) in [6.07, 6.45) is 2.78. The molecule has 10 atom stereocenters. The van der Waals surface area contributed by atoms with E-state index in [9.17, 15) is 35.1 Å². The van der Waals surface area contributed by atoms with Crippen molar-refractivity contribution in [3.8, 4) is 0 Å². The minimum Gasteiger partial charge on any atom is -0.394 e. The van der Waals surface area contributed by atoms with Crippen molar-refractivity contribution in [1.29, 1.82) is 0 Å². The Morgan fingerprint density at radius 3 is 2.31 bits per heavy atom. The third-order valence-corrected chi connectivity index (χ3v) is 13.2. The topological polar surface area (TPSA) is 178 Å². The molecule has 0 radical (unpaired) electrons. The average Bonchev–Trinajstić information content (AvgIpc) is 3.02. The van der Waals surface area contributed by atoms with Crippen LogP contribution in [0.25, 0.3) is 0 Å². The van der Waals surface area contributed by atoms with Crippen molar-refractivity contribution in [3.05, 3.63) is 48.4 Å². The molecule has 2 aliphatic rings. The Balaban J connectivity index is 2.18. The minimum absolute atomic E-state index is 0.155. The molecule has 0 saturated carbocycles. The number of aliphatic hydroxyl groups excluding tert-OH is 5. The summed E-state index contributed by atoms with van der Waals surface area (Å²) < 4.78 is 11.3. The third-order valence-electron chi connectivity index (χ3n) is 7.82. The van der Waals surface area contributed by atoms with Gasteiger partial charge >= 0.3 is 0 Å². The third kappa shape index (κ3) is 12.5. The lowest BCUT2D eigenvalue weighted by atomic mass is 9.77. The molecule has 2 fully saturated rings. The monoisotopic (exact) mass is 708 g/mol. The van der Waals surface area contributed by atoms with Crippen LogP contribution in [-0.2, 0) is 19.1 Å². The molecule has 45 heavy (non-hydrogen) atoms. The molecule has 2 aliphatic heterocycles. The zero-order chi connectivity index (χ0) is 33.6. The van der Waals surface area contributed by atoms with Gasteiger partial charge in [0.1, 0.15) is 36.0 Å². The lowest BCUT2D eigenvalue weighted by Crippen LogP contribution is -2.60. The van der Waals surface area contributed by atoms with Gasteiger partial charge in [0.15, 0.2) is 6.29 Å². The van der Waals surface area contributed by atoms with Crippen LogP contribution < -0.4 is 10.6 Å². The van der Waals surface area contributed by atoms with E-state index in [-0.39, 0.29) is 17.7 Å². The predicted molar refractivity (Wildman–Crippen MR) is 184 cm³/mol. The first-order chi connectivity index (χ1) is 21.4. The number of aliphatic hydroxyl groups is 5. The first-order valence-corrected chi connectivity index (χ1v) is 19.6. The number of allylic oxidation sites excluding steroid dienone is 3. The van der Waals surface area contributed by atoms with Gasteiger partial charge in [0.2, 0.25) is 11.8 Å². The zero-order valence-corrected chi connectivity index (χ0v) is 29.2. The molecule has 2 saturated heterocycles. The molecular weight excluding hydrogens is 661 g/mol. The van der Waals surface area contributed by atoms with E-state index < -0.39 is 59.5 Å². The van der Waals surface area contributed by atoms with E-state index in [2.05, 4.69) is 30.7 Å². The maximum absolute atomic E-state index is 12.8. The van der Waals surface area contributed by atoms with E-state index in [0.717, 1.165) is 5.57 Å². The van der Waals surface area contributed by atoms with Gasteiger partial charge in [0.25, 0.3) is 0 Å². The number of hydrogen-bond acceptors (Lipinski definition) is 13. The van der Waals surface area contributed by atoms with Crippen molar-refractivity contribution in [1.82, 2.24) is 10.6 Å². The number of rotatable bonds is 16. The summed E-state index contributed by atoms with van der Waals surface area (Å²) >= 11 is 1.44. The molecular formula is C30H48N2O9S4. The number of carbonyl (C=O) groups is 2. The zero-order valence-electron chi connectivity index (χ0n) is 25.9. The second kappa shape index (κ2) is 20.4. The fourth-order valence-corrected chi connectivity index (χ4v) is 10.8. The quantitative estimate of drug-likeness (QED) is 0.0539. The lowest BCUT2D eigenvalue weighted by Gasteiger charge is -2.46. The number of nitrogens with one attached hydrogen (secondary N) is 2. The first-order valence-electron chi connectivity index (χ1n) is 14.8. The van der Waals surface area contributed by atoms with Gasteiger partial charge in [-0.3, -0.25) is 9.59 Å². The Morgan fingerprint density at radius 1 is 1.07 bits per heavy atom. The van der Waals surface area contributed by atoms with Crippen molar-refractivity contribution in [3.63, 3.8) is 0 Å². The first kappa shape index (κ1) is 40.2. The summed E-state index contributed by atoms with van der Waals surface area (Å²) in [4.78, 5) is 24.5. The highest BCUT2D eigenvalue weighted by Crippen LogP contribution is 2.56. The smallest absolute Gasteiger partial charge is 0.244 e. The fourth-order valence-electron chi connectivity index (χ4n) is 5.00. The number of ether oxygens (including phenoxy) is 2. The molecule has 0 aromatic rings. The highest BCUT2D eigenvalue weighted by molar-refractivity contribution is 9.09. The average molecular weight is 709 g/mol. The van der Waals surface area contributed by atoms with Crippen molar-refractivity contribution < 1.29 is 44.6 Å². The van der Waals surface area contributed by atoms with Crippen molar-refractivity contribution in [2.45, 2.75) is 86.5 Å². The molecule has 0 spiro atoms. The molecule has 0 aromatic carbocycles. The Hall–Kier alpha value is -0.980. The molecule has 2 heterocycles. The maximum atomic E-state index is 12.8. The van der Waals surface area contributed by atoms with Gasteiger partial charge in [-0.2, -0.15) is 0 Å². The van der Waals surface area contributed by atoms with E-state index in [4.69, 9.17) is 9.47 Å². The largest absolute Gasteiger partial charge is 0.394 e. The van der Waals surface area contributed by atoms with Crippen LogP contribution in [0.2, 0.25) is 0 Å². The number of amides is 2. The van der Waals surface area contributed by atoms with Crippen molar-refractivity contribution in [2.24, 2.45) is 11.8 Å². The van der Waals surface area contributed by atoms with E-state index in [0.29, 0.717) is 38.8 Å². The molecule has 7 N–H and O–H groups in total. The summed E-state index contributed by atoms with van der Waals surface area (Å²) in [5.74, 6) is -1.19.